The molecule has 0 aliphatic carbocycles. The maximum atomic E-state index is 2.37. The van der Waals surface area contributed by atoms with Gasteiger partial charge in [0.25, 0.3) is 0 Å². The van der Waals surface area contributed by atoms with Gasteiger partial charge in [0.15, 0.2) is 0 Å². The van der Waals surface area contributed by atoms with Crippen molar-refractivity contribution in [3.63, 3.8) is 0 Å². The van der Waals surface area contributed by atoms with E-state index in [1.807, 2.05) is 0 Å². The van der Waals surface area contributed by atoms with E-state index in [2.05, 4.69) is 59.2 Å². The van der Waals surface area contributed by atoms with E-state index in [1.54, 1.807) is 0 Å². The van der Waals surface area contributed by atoms with Gasteiger partial charge in [0.2, 0.25) is 0 Å². The van der Waals surface area contributed by atoms with Crippen LogP contribution in [0.5, 0.6) is 0 Å². The van der Waals surface area contributed by atoms with E-state index in [-0.39, 0.29) is 18.6 Å². The van der Waals surface area contributed by atoms with Crippen LogP contribution in [0, 0.1) is 0 Å². The van der Waals surface area contributed by atoms with Gasteiger partial charge in [0.1, 0.15) is 0 Å². The van der Waals surface area contributed by atoms with Gasteiger partial charge in [-0.2, -0.15) is 0 Å². The van der Waals surface area contributed by atoms with Gasteiger partial charge in [-0.15, -0.1) is 0 Å². The first-order valence-corrected chi connectivity index (χ1v) is 9.19. The summed E-state index contributed by atoms with van der Waals surface area (Å²) in [6.45, 7) is 4.36. The van der Waals surface area contributed by atoms with E-state index in [4.69, 9.17) is 0 Å². The fourth-order valence-corrected chi connectivity index (χ4v) is 2.81. The summed E-state index contributed by atoms with van der Waals surface area (Å²) < 4.78 is 4.75. The Kier molecular flexibility index (Phi) is 15.3. The molecule has 100 valence electrons. The molecule has 0 rings (SSSR count). The van der Waals surface area contributed by atoms with Gasteiger partial charge in [0, 0.05) is 0 Å². The molecule has 0 radical (unpaired) electrons. The first-order valence-electron chi connectivity index (χ1n) is 6.56. The minimum absolute atomic E-state index is 0.154. The van der Waals surface area contributed by atoms with E-state index in [1.165, 1.54) is 25.7 Å². The number of rotatable bonds is 10. The summed E-state index contributed by atoms with van der Waals surface area (Å²) in [7, 11) is 0. The monoisotopic (exact) mass is 413 g/mol. The van der Waals surface area contributed by atoms with Gasteiger partial charge >= 0.3 is 116 Å². The molecule has 0 fully saturated rings. The normalized spacial score (nSPS) is 13.1. The third-order valence-corrected chi connectivity index (χ3v) is 4.02. The van der Waals surface area contributed by atoms with Crippen molar-refractivity contribution in [1.82, 2.24) is 0 Å². The fraction of sp³-hybridized carbons (Fsp3) is 0.500. The number of unbranched alkanes of at least 4 members (excludes halogenated alkanes) is 2. The molecular formula is C16H26Pt. The zero-order chi connectivity index (χ0) is 12.6. The van der Waals surface area contributed by atoms with Crippen LogP contribution in [0.4, 0.5) is 0 Å². The third kappa shape index (κ3) is 15.6. The molecule has 0 saturated carbocycles. The quantitative estimate of drug-likeness (QED) is 0.324. The van der Waals surface area contributed by atoms with Crippen LogP contribution >= 0.6 is 0 Å². The van der Waals surface area contributed by atoms with E-state index < -0.39 is 0 Å². The van der Waals surface area contributed by atoms with E-state index >= 15 is 0 Å². The van der Waals surface area contributed by atoms with Gasteiger partial charge in [-0.05, 0) is 0 Å². The minimum atomic E-state index is 0.154. The standard InChI is InChI=1S/2C8H13.Pt/c2*1-3-5-7-8-6-4-2;/h2*1,3,6,8H,4-5,7H2,2H3;. The molecule has 0 spiro atoms. The van der Waals surface area contributed by atoms with Crippen LogP contribution in [0.15, 0.2) is 45.4 Å². The molecule has 0 N–H and O–H groups in total. The Morgan fingerprint density at radius 3 is 1.41 bits per heavy atom. The van der Waals surface area contributed by atoms with Crippen LogP contribution in [0.3, 0.4) is 0 Å². The van der Waals surface area contributed by atoms with Crippen LogP contribution in [-0.2, 0) is 18.6 Å². The Morgan fingerprint density at radius 1 is 0.588 bits per heavy atom. The van der Waals surface area contributed by atoms with Crippen molar-refractivity contribution in [3.8, 4) is 0 Å². The van der Waals surface area contributed by atoms with Gasteiger partial charge in [0.05, 0.1) is 0 Å². The topological polar surface area (TPSA) is 0 Å². The first kappa shape index (κ1) is 16.6. The van der Waals surface area contributed by atoms with Crippen molar-refractivity contribution < 1.29 is 18.6 Å². The molecule has 0 aliphatic heterocycles. The second kappa shape index (κ2) is 15.6. The van der Waals surface area contributed by atoms with E-state index in [0.29, 0.717) is 0 Å². The summed E-state index contributed by atoms with van der Waals surface area (Å²) in [6, 6.07) is 0. The van der Waals surface area contributed by atoms with Crippen molar-refractivity contribution in [3.05, 3.63) is 45.4 Å². The summed E-state index contributed by atoms with van der Waals surface area (Å²) in [6.07, 6.45) is 20.8. The van der Waals surface area contributed by atoms with E-state index in [9.17, 15) is 0 Å². The maximum absolute atomic E-state index is 2.37. The van der Waals surface area contributed by atoms with Crippen molar-refractivity contribution in [2.24, 2.45) is 0 Å². The van der Waals surface area contributed by atoms with Crippen LogP contribution in [-0.4, -0.2) is 0 Å². The average Bonchev–Trinajstić information content (AvgIpc) is 2.35. The summed E-state index contributed by atoms with van der Waals surface area (Å²) >= 11 is 0.154. The van der Waals surface area contributed by atoms with Crippen molar-refractivity contribution in [1.29, 1.82) is 0 Å². The molecule has 0 amide bonds. The molecule has 1 heteroatoms. The zero-order valence-electron chi connectivity index (χ0n) is 11.2. The molecule has 0 aromatic rings. The molecule has 0 aromatic carbocycles. The van der Waals surface area contributed by atoms with Gasteiger partial charge in [-0.25, -0.2) is 0 Å². The van der Waals surface area contributed by atoms with E-state index in [0.717, 1.165) is 12.8 Å². The molecular weight excluding hydrogens is 387 g/mol. The zero-order valence-corrected chi connectivity index (χ0v) is 13.4. The third-order valence-electron chi connectivity index (χ3n) is 2.08. The van der Waals surface area contributed by atoms with Gasteiger partial charge < -0.3 is 0 Å². The molecule has 17 heavy (non-hydrogen) atoms. The Morgan fingerprint density at radius 2 is 1.00 bits per heavy atom. The fourth-order valence-electron chi connectivity index (χ4n) is 1.18. The molecule has 0 aromatic heterocycles. The summed E-state index contributed by atoms with van der Waals surface area (Å²) in [4.78, 5) is 0. The van der Waals surface area contributed by atoms with Crippen molar-refractivity contribution in [2.75, 3.05) is 0 Å². The molecule has 0 heterocycles. The Hall–Kier alpha value is -0.352. The molecule has 0 nitrogen and oxygen atoms in total. The average molecular weight is 413 g/mol. The summed E-state index contributed by atoms with van der Waals surface area (Å²) in [5.41, 5.74) is 0. The van der Waals surface area contributed by atoms with Gasteiger partial charge in [-0.3, -0.25) is 0 Å². The predicted octanol–water partition coefficient (Wildman–Crippen LogP) is 5.59. The SMILES string of the molecule is CCC=CCCC=[CH][Pt][CH]=CCCC=CCC. The number of hydrogen-bond donors (Lipinski definition) is 0. The van der Waals surface area contributed by atoms with Crippen LogP contribution in [0.2, 0.25) is 0 Å². The molecule has 0 aliphatic rings. The first-order chi connectivity index (χ1) is 8.41. The Balaban J connectivity index is 3.31. The molecule has 0 bridgehead atoms. The Labute approximate surface area is 116 Å². The van der Waals surface area contributed by atoms with Crippen LogP contribution in [0.25, 0.3) is 0 Å². The summed E-state index contributed by atoms with van der Waals surface area (Å²) in [5, 5.41) is 0. The second-order valence-corrected chi connectivity index (χ2v) is 5.97. The van der Waals surface area contributed by atoms with Crippen LogP contribution in [0.1, 0.15) is 52.4 Å². The number of allylic oxidation sites excluding steroid dienone is 6. The van der Waals surface area contributed by atoms with Crippen LogP contribution < -0.4 is 0 Å². The predicted molar refractivity (Wildman–Crippen MR) is 75.6 cm³/mol. The van der Waals surface area contributed by atoms with Gasteiger partial charge in [-0.1, -0.05) is 0 Å². The summed E-state index contributed by atoms with van der Waals surface area (Å²) in [5.74, 6) is 0. The molecule has 0 atom stereocenters. The number of hydrogen-bond acceptors (Lipinski definition) is 0. The molecule has 0 unspecified atom stereocenters. The second-order valence-electron chi connectivity index (χ2n) is 3.70. The molecule has 0 saturated heterocycles. The van der Waals surface area contributed by atoms with Crippen molar-refractivity contribution >= 4 is 0 Å². The Bertz CT molecular complexity index is 220. The van der Waals surface area contributed by atoms with Crippen molar-refractivity contribution in [2.45, 2.75) is 52.4 Å².